The first-order valence-electron chi connectivity index (χ1n) is 6.68. The summed E-state index contributed by atoms with van der Waals surface area (Å²) in [6.45, 7) is 8.35. The van der Waals surface area contributed by atoms with Crippen LogP contribution < -0.4 is 0 Å². The molecule has 0 saturated heterocycles. The summed E-state index contributed by atoms with van der Waals surface area (Å²) in [5.41, 5.74) is -0.793. The predicted molar refractivity (Wildman–Crippen MR) is 67.8 cm³/mol. The molecule has 3 nitrogen and oxygen atoms in total. The highest BCUT2D eigenvalue weighted by Gasteiger charge is 2.49. The van der Waals surface area contributed by atoms with Gasteiger partial charge < -0.3 is 10.2 Å². The number of carboxylic acid groups (broad SMARTS) is 1. The number of rotatable bonds is 4. The normalized spacial score (nSPS) is 34.3. The third kappa shape index (κ3) is 3.01. The van der Waals surface area contributed by atoms with E-state index in [0.717, 1.165) is 19.3 Å². The lowest BCUT2D eigenvalue weighted by Gasteiger charge is -2.48. The molecule has 1 saturated carbocycles. The topological polar surface area (TPSA) is 57.5 Å². The van der Waals surface area contributed by atoms with Gasteiger partial charge in [0.05, 0.1) is 11.5 Å². The van der Waals surface area contributed by atoms with E-state index >= 15 is 0 Å². The van der Waals surface area contributed by atoms with Gasteiger partial charge in [-0.1, -0.05) is 34.1 Å². The Hall–Kier alpha value is -0.570. The minimum absolute atomic E-state index is 0.0545. The van der Waals surface area contributed by atoms with E-state index in [1.807, 2.05) is 13.8 Å². The Morgan fingerprint density at radius 3 is 2.41 bits per heavy atom. The standard InChI is InChI=1S/C14H26O3/c1-5-6-11(12(15)16)14(17)8-7-13(3,4)9-10(14)2/h10-11,17H,5-9H2,1-4H3,(H,15,16). The fourth-order valence-corrected chi connectivity index (χ4v) is 3.29. The van der Waals surface area contributed by atoms with E-state index in [9.17, 15) is 15.0 Å². The molecule has 0 heterocycles. The van der Waals surface area contributed by atoms with Crippen molar-refractivity contribution in [3.63, 3.8) is 0 Å². The van der Waals surface area contributed by atoms with Crippen LogP contribution in [0, 0.1) is 17.3 Å². The highest BCUT2D eigenvalue weighted by molar-refractivity contribution is 5.71. The van der Waals surface area contributed by atoms with Crippen LogP contribution in [0.4, 0.5) is 0 Å². The molecule has 3 heteroatoms. The average Bonchev–Trinajstić information content (AvgIpc) is 2.20. The fourth-order valence-electron chi connectivity index (χ4n) is 3.29. The molecule has 0 radical (unpaired) electrons. The van der Waals surface area contributed by atoms with Crippen molar-refractivity contribution in [1.29, 1.82) is 0 Å². The monoisotopic (exact) mass is 242 g/mol. The lowest BCUT2D eigenvalue weighted by atomic mass is 9.61. The van der Waals surface area contributed by atoms with Crippen LogP contribution >= 0.6 is 0 Å². The van der Waals surface area contributed by atoms with Crippen molar-refractivity contribution in [3.8, 4) is 0 Å². The van der Waals surface area contributed by atoms with Crippen LogP contribution in [0.25, 0.3) is 0 Å². The maximum atomic E-state index is 11.3. The SMILES string of the molecule is CCCC(C(=O)O)C1(O)CCC(C)(C)CC1C. The summed E-state index contributed by atoms with van der Waals surface area (Å²) in [5.74, 6) is -1.40. The molecule has 0 aromatic carbocycles. The molecule has 0 spiro atoms. The Labute approximate surface area is 104 Å². The quantitative estimate of drug-likeness (QED) is 0.796. The molecule has 0 aliphatic heterocycles. The molecule has 2 N–H and O–H groups in total. The number of aliphatic carboxylic acids is 1. The largest absolute Gasteiger partial charge is 0.481 e. The Kier molecular flexibility index (Phi) is 4.23. The predicted octanol–water partition coefficient (Wildman–Crippen LogP) is 3.06. The van der Waals surface area contributed by atoms with Crippen LogP contribution in [0.5, 0.6) is 0 Å². The van der Waals surface area contributed by atoms with Crippen molar-refractivity contribution in [3.05, 3.63) is 0 Å². The molecular formula is C14H26O3. The molecular weight excluding hydrogens is 216 g/mol. The molecule has 3 unspecified atom stereocenters. The minimum Gasteiger partial charge on any atom is -0.481 e. The molecule has 1 fully saturated rings. The number of carbonyl (C=O) groups is 1. The molecule has 100 valence electrons. The maximum Gasteiger partial charge on any atom is 0.309 e. The first-order chi connectivity index (χ1) is 7.73. The van der Waals surface area contributed by atoms with Gasteiger partial charge in [0.15, 0.2) is 0 Å². The van der Waals surface area contributed by atoms with Gasteiger partial charge >= 0.3 is 5.97 Å². The Bertz CT molecular complexity index is 285. The highest BCUT2D eigenvalue weighted by Crippen LogP contribution is 2.47. The third-order valence-electron chi connectivity index (χ3n) is 4.39. The van der Waals surface area contributed by atoms with E-state index in [0.29, 0.717) is 12.8 Å². The smallest absolute Gasteiger partial charge is 0.309 e. The molecule has 3 atom stereocenters. The molecule has 1 aliphatic rings. The van der Waals surface area contributed by atoms with Crippen LogP contribution in [0.2, 0.25) is 0 Å². The van der Waals surface area contributed by atoms with Gasteiger partial charge in [-0.05, 0) is 37.0 Å². The number of hydrogen-bond acceptors (Lipinski definition) is 2. The summed E-state index contributed by atoms with van der Waals surface area (Å²) in [5, 5.41) is 20.1. The average molecular weight is 242 g/mol. The lowest BCUT2D eigenvalue weighted by Crippen LogP contribution is -2.52. The molecule has 0 aromatic heterocycles. The Balaban J connectivity index is 2.89. The molecule has 0 bridgehead atoms. The lowest BCUT2D eigenvalue weighted by molar-refractivity contribution is -0.166. The van der Waals surface area contributed by atoms with Crippen molar-refractivity contribution in [2.75, 3.05) is 0 Å². The minimum atomic E-state index is -1.02. The summed E-state index contributed by atoms with van der Waals surface area (Å²) in [6.07, 6.45) is 3.78. The van der Waals surface area contributed by atoms with Gasteiger partial charge in [0.2, 0.25) is 0 Å². The van der Waals surface area contributed by atoms with Gasteiger partial charge in [-0.15, -0.1) is 0 Å². The van der Waals surface area contributed by atoms with E-state index in [-0.39, 0.29) is 11.3 Å². The second-order valence-corrected chi connectivity index (χ2v) is 6.44. The van der Waals surface area contributed by atoms with Gasteiger partial charge in [-0.2, -0.15) is 0 Å². The van der Waals surface area contributed by atoms with Crippen LogP contribution in [0.3, 0.4) is 0 Å². The highest BCUT2D eigenvalue weighted by atomic mass is 16.4. The number of aliphatic hydroxyl groups is 1. The number of carboxylic acids is 1. The summed E-state index contributed by atoms with van der Waals surface area (Å²) in [7, 11) is 0. The summed E-state index contributed by atoms with van der Waals surface area (Å²) < 4.78 is 0. The Morgan fingerprint density at radius 2 is 2.00 bits per heavy atom. The van der Waals surface area contributed by atoms with Crippen LogP contribution in [-0.2, 0) is 4.79 Å². The Morgan fingerprint density at radius 1 is 1.41 bits per heavy atom. The first-order valence-corrected chi connectivity index (χ1v) is 6.68. The van der Waals surface area contributed by atoms with Crippen molar-refractivity contribution in [2.45, 2.75) is 65.4 Å². The molecule has 0 aromatic rings. The second-order valence-electron chi connectivity index (χ2n) is 6.44. The summed E-state index contributed by atoms with van der Waals surface area (Å²) in [4.78, 5) is 11.3. The fraction of sp³-hybridized carbons (Fsp3) is 0.929. The van der Waals surface area contributed by atoms with Gasteiger partial charge in [-0.3, -0.25) is 4.79 Å². The van der Waals surface area contributed by atoms with Gasteiger partial charge in [0.1, 0.15) is 0 Å². The van der Waals surface area contributed by atoms with E-state index < -0.39 is 17.5 Å². The molecule has 1 rings (SSSR count). The zero-order valence-corrected chi connectivity index (χ0v) is 11.5. The third-order valence-corrected chi connectivity index (χ3v) is 4.39. The van der Waals surface area contributed by atoms with E-state index in [1.165, 1.54) is 0 Å². The molecule has 17 heavy (non-hydrogen) atoms. The molecule has 1 aliphatic carbocycles. The van der Waals surface area contributed by atoms with Gasteiger partial charge in [0, 0.05) is 0 Å². The molecule has 0 amide bonds. The zero-order chi connectivity index (χ0) is 13.3. The first kappa shape index (κ1) is 14.5. The van der Waals surface area contributed by atoms with E-state index in [4.69, 9.17) is 0 Å². The van der Waals surface area contributed by atoms with Crippen LogP contribution in [0.1, 0.15) is 59.8 Å². The van der Waals surface area contributed by atoms with Crippen molar-refractivity contribution in [1.82, 2.24) is 0 Å². The summed E-state index contributed by atoms with van der Waals surface area (Å²) >= 11 is 0. The van der Waals surface area contributed by atoms with Crippen LogP contribution in [-0.4, -0.2) is 21.8 Å². The van der Waals surface area contributed by atoms with Gasteiger partial charge in [0.25, 0.3) is 0 Å². The summed E-state index contributed by atoms with van der Waals surface area (Å²) in [6, 6.07) is 0. The maximum absolute atomic E-state index is 11.3. The van der Waals surface area contributed by atoms with Crippen LogP contribution in [0.15, 0.2) is 0 Å². The van der Waals surface area contributed by atoms with E-state index in [1.54, 1.807) is 0 Å². The van der Waals surface area contributed by atoms with E-state index in [2.05, 4.69) is 13.8 Å². The van der Waals surface area contributed by atoms with Crippen molar-refractivity contribution in [2.24, 2.45) is 17.3 Å². The zero-order valence-electron chi connectivity index (χ0n) is 11.5. The van der Waals surface area contributed by atoms with Gasteiger partial charge in [-0.25, -0.2) is 0 Å². The number of hydrogen-bond donors (Lipinski definition) is 2. The second kappa shape index (κ2) is 4.97. The van der Waals surface area contributed by atoms with Crippen molar-refractivity contribution >= 4 is 5.97 Å². The van der Waals surface area contributed by atoms with Crippen molar-refractivity contribution < 1.29 is 15.0 Å².